The first-order valence-corrected chi connectivity index (χ1v) is 4.77. The number of hydrogen-bond donors (Lipinski definition) is 0. The molecule has 0 unspecified atom stereocenters. The molecule has 0 saturated heterocycles. The topological polar surface area (TPSA) is 20.3 Å². The summed E-state index contributed by atoms with van der Waals surface area (Å²) in [6.45, 7) is 0. The van der Waals surface area contributed by atoms with Crippen molar-refractivity contribution in [2.45, 2.75) is 44.3 Å². The van der Waals surface area contributed by atoms with Crippen LogP contribution in [0.15, 0.2) is 0 Å². The van der Waals surface area contributed by atoms with E-state index in [9.17, 15) is 18.0 Å². The summed E-state index contributed by atoms with van der Waals surface area (Å²) in [5, 5.41) is 0. The second-order valence-corrected chi connectivity index (χ2v) is 3.71. The number of amides is 1. The van der Waals surface area contributed by atoms with Gasteiger partial charge in [-0.2, -0.15) is 13.2 Å². The molecule has 0 spiro atoms. The van der Waals surface area contributed by atoms with Crippen LogP contribution in [0, 0.1) is 0 Å². The van der Waals surface area contributed by atoms with Crippen LogP contribution in [0.5, 0.6) is 0 Å². The summed E-state index contributed by atoms with van der Waals surface area (Å²) in [5.41, 5.74) is 0. The molecule has 0 aromatic heterocycles. The normalized spacial score (nSPS) is 19.4. The summed E-state index contributed by atoms with van der Waals surface area (Å²) in [6, 6.07) is -0.224. The van der Waals surface area contributed by atoms with Crippen LogP contribution in [-0.4, -0.2) is 30.1 Å². The van der Waals surface area contributed by atoms with Gasteiger partial charge >= 0.3 is 12.1 Å². The van der Waals surface area contributed by atoms with E-state index in [-0.39, 0.29) is 6.04 Å². The molecule has 0 aliphatic heterocycles. The zero-order valence-electron chi connectivity index (χ0n) is 8.10. The van der Waals surface area contributed by atoms with Crippen molar-refractivity contribution >= 4 is 5.91 Å². The monoisotopic (exact) mass is 209 g/mol. The molecule has 14 heavy (non-hydrogen) atoms. The second kappa shape index (κ2) is 4.19. The van der Waals surface area contributed by atoms with E-state index in [1.165, 1.54) is 7.05 Å². The molecular formula is C9H14F3NO. The number of carbonyl (C=O) groups excluding carboxylic acids is 1. The first-order valence-electron chi connectivity index (χ1n) is 4.77. The third kappa shape index (κ3) is 2.62. The summed E-state index contributed by atoms with van der Waals surface area (Å²) in [4.78, 5) is 11.7. The fraction of sp³-hybridized carbons (Fsp3) is 0.889. The van der Waals surface area contributed by atoms with Gasteiger partial charge in [-0.05, 0) is 12.8 Å². The van der Waals surface area contributed by atoms with E-state index < -0.39 is 12.1 Å². The SMILES string of the molecule is CN(C(=O)C(F)(F)F)C1CCCCC1. The molecule has 0 bridgehead atoms. The number of alkyl halides is 3. The molecule has 1 rings (SSSR count). The molecule has 82 valence electrons. The van der Waals surface area contributed by atoms with Crippen LogP contribution in [0.1, 0.15) is 32.1 Å². The molecule has 1 aliphatic carbocycles. The van der Waals surface area contributed by atoms with Crippen molar-refractivity contribution in [1.82, 2.24) is 4.90 Å². The molecule has 0 N–H and O–H groups in total. The van der Waals surface area contributed by atoms with Gasteiger partial charge in [0, 0.05) is 13.1 Å². The summed E-state index contributed by atoms with van der Waals surface area (Å²) in [5.74, 6) is -1.72. The van der Waals surface area contributed by atoms with E-state index in [0.29, 0.717) is 12.8 Å². The lowest BCUT2D eigenvalue weighted by Gasteiger charge is -2.31. The Bertz CT molecular complexity index is 209. The average molecular weight is 209 g/mol. The molecular weight excluding hydrogens is 195 g/mol. The Labute approximate surface area is 81.1 Å². The van der Waals surface area contributed by atoms with Crippen molar-refractivity contribution in [1.29, 1.82) is 0 Å². The molecule has 0 aromatic carbocycles. The van der Waals surface area contributed by atoms with E-state index in [1.807, 2.05) is 0 Å². The third-order valence-electron chi connectivity index (χ3n) is 2.69. The van der Waals surface area contributed by atoms with Gasteiger partial charge in [0.25, 0.3) is 0 Å². The van der Waals surface area contributed by atoms with Crippen LogP contribution in [0.4, 0.5) is 13.2 Å². The maximum absolute atomic E-state index is 12.1. The predicted molar refractivity (Wildman–Crippen MR) is 45.7 cm³/mol. The summed E-state index contributed by atoms with van der Waals surface area (Å²) < 4.78 is 36.2. The number of rotatable bonds is 1. The highest BCUT2D eigenvalue weighted by Crippen LogP contribution is 2.25. The van der Waals surface area contributed by atoms with E-state index >= 15 is 0 Å². The summed E-state index contributed by atoms with van der Waals surface area (Å²) in [6.07, 6.45) is -0.451. The fourth-order valence-electron chi connectivity index (χ4n) is 1.83. The minimum Gasteiger partial charge on any atom is -0.335 e. The average Bonchev–Trinajstić information content (AvgIpc) is 2.15. The van der Waals surface area contributed by atoms with Gasteiger partial charge in [-0.25, -0.2) is 0 Å². The van der Waals surface area contributed by atoms with Crippen molar-refractivity contribution in [2.24, 2.45) is 0 Å². The largest absolute Gasteiger partial charge is 0.471 e. The minimum atomic E-state index is -4.73. The number of halogens is 3. The van der Waals surface area contributed by atoms with Crippen molar-refractivity contribution in [3.05, 3.63) is 0 Å². The minimum absolute atomic E-state index is 0.224. The maximum atomic E-state index is 12.1. The van der Waals surface area contributed by atoms with Gasteiger partial charge in [-0.3, -0.25) is 4.79 Å². The Morgan fingerprint density at radius 1 is 1.21 bits per heavy atom. The van der Waals surface area contributed by atoms with Gasteiger partial charge in [0.1, 0.15) is 0 Å². The highest BCUT2D eigenvalue weighted by atomic mass is 19.4. The van der Waals surface area contributed by atoms with Crippen LogP contribution in [0.2, 0.25) is 0 Å². The van der Waals surface area contributed by atoms with Crippen molar-refractivity contribution in [2.75, 3.05) is 7.05 Å². The van der Waals surface area contributed by atoms with Gasteiger partial charge in [0.05, 0.1) is 0 Å². The Morgan fingerprint density at radius 2 is 1.71 bits per heavy atom. The number of carbonyl (C=O) groups is 1. The van der Waals surface area contributed by atoms with Crippen molar-refractivity contribution in [3.63, 3.8) is 0 Å². The molecule has 5 heteroatoms. The van der Waals surface area contributed by atoms with Gasteiger partial charge in [0.15, 0.2) is 0 Å². The molecule has 0 aromatic rings. The molecule has 1 fully saturated rings. The Morgan fingerprint density at radius 3 is 2.14 bits per heavy atom. The lowest BCUT2D eigenvalue weighted by molar-refractivity contribution is -0.186. The maximum Gasteiger partial charge on any atom is 0.471 e. The lowest BCUT2D eigenvalue weighted by Crippen LogP contribution is -2.45. The van der Waals surface area contributed by atoms with Gasteiger partial charge in [-0.15, -0.1) is 0 Å². The fourth-order valence-corrected chi connectivity index (χ4v) is 1.83. The van der Waals surface area contributed by atoms with Crippen LogP contribution >= 0.6 is 0 Å². The molecule has 0 heterocycles. The number of nitrogens with zero attached hydrogens (tertiary/aromatic N) is 1. The molecule has 1 aliphatic rings. The quantitative estimate of drug-likeness (QED) is 0.649. The second-order valence-electron chi connectivity index (χ2n) is 3.71. The Hall–Kier alpha value is -0.740. The molecule has 1 amide bonds. The van der Waals surface area contributed by atoms with Gasteiger partial charge < -0.3 is 4.90 Å². The van der Waals surface area contributed by atoms with Crippen molar-refractivity contribution < 1.29 is 18.0 Å². The van der Waals surface area contributed by atoms with Crippen LogP contribution in [-0.2, 0) is 4.79 Å². The molecule has 0 atom stereocenters. The van der Waals surface area contributed by atoms with Gasteiger partial charge in [-0.1, -0.05) is 19.3 Å². The molecule has 2 nitrogen and oxygen atoms in total. The predicted octanol–water partition coefficient (Wildman–Crippen LogP) is 2.34. The van der Waals surface area contributed by atoms with Crippen molar-refractivity contribution in [3.8, 4) is 0 Å². The standard InChI is InChI=1S/C9H14F3NO/c1-13(8(14)9(10,11)12)7-5-3-2-4-6-7/h7H,2-6H2,1H3. The third-order valence-corrected chi connectivity index (χ3v) is 2.69. The zero-order valence-corrected chi connectivity index (χ0v) is 8.10. The van der Waals surface area contributed by atoms with E-state index in [4.69, 9.17) is 0 Å². The van der Waals surface area contributed by atoms with Crippen LogP contribution < -0.4 is 0 Å². The zero-order chi connectivity index (χ0) is 10.8. The highest BCUT2D eigenvalue weighted by molar-refractivity contribution is 5.81. The Balaban J connectivity index is 2.55. The van der Waals surface area contributed by atoms with E-state index in [2.05, 4.69) is 0 Å². The molecule has 1 saturated carbocycles. The summed E-state index contributed by atoms with van der Waals surface area (Å²) in [7, 11) is 1.24. The van der Waals surface area contributed by atoms with E-state index in [1.54, 1.807) is 0 Å². The van der Waals surface area contributed by atoms with Crippen LogP contribution in [0.25, 0.3) is 0 Å². The van der Waals surface area contributed by atoms with Gasteiger partial charge in [0.2, 0.25) is 0 Å². The number of hydrogen-bond acceptors (Lipinski definition) is 1. The first kappa shape index (κ1) is 11.3. The lowest BCUT2D eigenvalue weighted by atomic mass is 9.94. The smallest absolute Gasteiger partial charge is 0.335 e. The van der Waals surface area contributed by atoms with E-state index in [0.717, 1.165) is 24.2 Å². The summed E-state index contributed by atoms with van der Waals surface area (Å²) >= 11 is 0. The molecule has 0 radical (unpaired) electrons. The highest BCUT2D eigenvalue weighted by Gasteiger charge is 2.43. The first-order chi connectivity index (χ1) is 6.43. The Kier molecular flexibility index (Phi) is 3.39. The van der Waals surface area contributed by atoms with Crippen LogP contribution in [0.3, 0.4) is 0 Å².